The van der Waals surface area contributed by atoms with Crippen LogP contribution in [-0.4, -0.2) is 101 Å². The maximum atomic E-state index is 13.5. The standard InChI is InChI=1S/C35H44N2O12/c1-19(2)32(43)26(48-25(39)22-12-9-15-36-22)33(44)28(4)18-31(42)29(32,5)35(33,45)34(49-31)24(20(3)13-14-30(28,34)41)47-23(38)16-37-27(40)46-17-21-10-7-6-8-11-21/h6-12,15,19-20,24,26,36,41-45H,13-14,16-18H2,1-5H3,(H,37,40)/t20-,24+,26+,28-,29+,30-,31+,32-,33+,34+,35+/m0/s1. The zero-order valence-electron chi connectivity index (χ0n) is 28.1. The van der Waals surface area contributed by atoms with Crippen molar-refractivity contribution in [2.75, 3.05) is 6.54 Å². The van der Waals surface area contributed by atoms with E-state index in [0.717, 1.165) is 5.56 Å². The Balaban J connectivity index is 1.28. The fourth-order valence-electron chi connectivity index (χ4n) is 10.8. The van der Waals surface area contributed by atoms with Crippen LogP contribution in [0.5, 0.6) is 0 Å². The fraction of sp³-hybridized carbons (Fsp3) is 0.629. The number of aromatic amines is 1. The highest BCUT2D eigenvalue weighted by Gasteiger charge is 3.10. The second kappa shape index (κ2) is 10.3. The van der Waals surface area contributed by atoms with Crippen molar-refractivity contribution < 1.29 is 58.9 Å². The summed E-state index contributed by atoms with van der Waals surface area (Å²) in [7, 11) is 0. The molecule has 0 radical (unpaired) electrons. The molecule has 1 spiro atoms. The van der Waals surface area contributed by atoms with E-state index in [1.165, 1.54) is 26.1 Å². The lowest BCUT2D eigenvalue weighted by atomic mass is 9.52. The quantitative estimate of drug-likeness (QED) is 0.155. The zero-order valence-corrected chi connectivity index (χ0v) is 28.1. The number of hydrogen-bond donors (Lipinski definition) is 7. The molecule has 6 aliphatic rings. The Morgan fingerprint density at radius 1 is 1.02 bits per heavy atom. The van der Waals surface area contributed by atoms with Crippen LogP contribution in [0.3, 0.4) is 0 Å². The molecule has 0 unspecified atom stereocenters. The smallest absolute Gasteiger partial charge is 0.407 e. The number of amides is 1. The molecular formula is C35H44N2O12. The number of alkyl carbamates (subject to hydrolysis) is 1. The number of carbonyl (C=O) groups excluding carboxylic acids is 3. The predicted molar refractivity (Wildman–Crippen MR) is 167 cm³/mol. The van der Waals surface area contributed by atoms with Gasteiger partial charge in [0.2, 0.25) is 0 Å². The summed E-state index contributed by atoms with van der Waals surface area (Å²) in [4.78, 5) is 42.1. The molecule has 4 aliphatic carbocycles. The van der Waals surface area contributed by atoms with Gasteiger partial charge in [0.25, 0.3) is 0 Å². The maximum Gasteiger partial charge on any atom is 0.407 e. The molecule has 6 bridgehead atoms. The van der Waals surface area contributed by atoms with Gasteiger partial charge in [-0.3, -0.25) is 4.79 Å². The topological polar surface area (TPSA) is 217 Å². The molecule has 1 aromatic heterocycles. The van der Waals surface area contributed by atoms with Gasteiger partial charge in [-0.15, -0.1) is 0 Å². The molecule has 3 heterocycles. The molecule has 4 saturated carbocycles. The van der Waals surface area contributed by atoms with Crippen LogP contribution >= 0.6 is 0 Å². The van der Waals surface area contributed by atoms with Crippen molar-refractivity contribution in [3.05, 3.63) is 59.9 Å². The van der Waals surface area contributed by atoms with E-state index in [2.05, 4.69) is 10.3 Å². The number of aliphatic hydroxyl groups is 5. The van der Waals surface area contributed by atoms with Gasteiger partial charge in [-0.1, -0.05) is 58.0 Å². The van der Waals surface area contributed by atoms with Gasteiger partial charge in [0.15, 0.2) is 17.5 Å². The van der Waals surface area contributed by atoms with Crippen molar-refractivity contribution >= 4 is 18.0 Å². The van der Waals surface area contributed by atoms with E-state index in [-0.39, 0.29) is 25.1 Å². The van der Waals surface area contributed by atoms with E-state index in [1.54, 1.807) is 51.1 Å². The van der Waals surface area contributed by atoms with Gasteiger partial charge < -0.3 is 54.8 Å². The summed E-state index contributed by atoms with van der Waals surface area (Å²) in [5.41, 5.74) is -15.7. The number of aromatic nitrogens is 1. The van der Waals surface area contributed by atoms with Gasteiger partial charge in [0.05, 0.1) is 5.41 Å². The lowest BCUT2D eigenvalue weighted by Crippen LogP contribution is -2.76. The first kappa shape index (κ1) is 33.9. The minimum absolute atomic E-state index is 0.00966. The summed E-state index contributed by atoms with van der Waals surface area (Å²) < 4.78 is 23.6. The van der Waals surface area contributed by atoms with E-state index in [9.17, 15) is 39.9 Å². The van der Waals surface area contributed by atoms with Crippen LogP contribution in [0.1, 0.15) is 69.9 Å². The molecule has 6 fully saturated rings. The van der Waals surface area contributed by atoms with Crippen LogP contribution in [0.4, 0.5) is 4.79 Å². The van der Waals surface area contributed by atoms with Gasteiger partial charge >= 0.3 is 18.0 Å². The predicted octanol–water partition coefficient (Wildman–Crippen LogP) is 1.29. The molecule has 1 aromatic carbocycles. The summed E-state index contributed by atoms with van der Waals surface area (Å²) in [6.07, 6.45) is -3.08. The fourth-order valence-corrected chi connectivity index (χ4v) is 10.8. The normalized spacial score (nSPS) is 45.7. The third-order valence-corrected chi connectivity index (χ3v) is 13.1. The minimum Gasteiger partial charge on any atom is -0.457 e. The monoisotopic (exact) mass is 684 g/mol. The third-order valence-electron chi connectivity index (χ3n) is 13.1. The highest BCUT2D eigenvalue weighted by atomic mass is 16.7. The van der Waals surface area contributed by atoms with Crippen LogP contribution < -0.4 is 5.32 Å². The van der Waals surface area contributed by atoms with Crippen molar-refractivity contribution in [1.29, 1.82) is 0 Å². The van der Waals surface area contributed by atoms with Gasteiger partial charge in [-0.2, -0.15) is 0 Å². The molecule has 2 aliphatic heterocycles. The molecule has 14 heteroatoms. The van der Waals surface area contributed by atoms with Crippen LogP contribution in [0.2, 0.25) is 0 Å². The summed E-state index contributed by atoms with van der Waals surface area (Å²) in [5.74, 6) is -5.82. The molecule has 2 aromatic rings. The molecular weight excluding hydrogens is 640 g/mol. The minimum atomic E-state index is -2.77. The number of hydrogen-bond acceptors (Lipinski definition) is 12. The van der Waals surface area contributed by atoms with Crippen LogP contribution in [0.25, 0.3) is 0 Å². The Hall–Kier alpha value is -3.53. The number of ether oxygens (including phenoxy) is 4. The van der Waals surface area contributed by atoms with E-state index >= 15 is 0 Å². The van der Waals surface area contributed by atoms with Gasteiger partial charge in [0, 0.05) is 18.0 Å². The lowest BCUT2D eigenvalue weighted by Gasteiger charge is -2.60. The van der Waals surface area contributed by atoms with E-state index in [0.29, 0.717) is 0 Å². The number of carbonyl (C=O) groups is 3. The van der Waals surface area contributed by atoms with Gasteiger partial charge in [-0.25, -0.2) is 9.59 Å². The molecule has 14 nitrogen and oxygen atoms in total. The number of esters is 2. The second-order valence-electron chi connectivity index (χ2n) is 15.3. The highest BCUT2D eigenvalue weighted by molar-refractivity contribution is 5.87. The number of nitrogens with one attached hydrogen (secondary N) is 2. The Morgan fingerprint density at radius 3 is 2.35 bits per heavy atom. The Morgan fingerprint density at radius 2 is 1.71 bits per heavy atom. The summed E-state index contributed by atoms with van der Waals surface area (Å²) >= 11 is 0. The zero-order chi connectivity index (χ0) is 35.6. The largest absolute Gasteiger partial charge is 0.457 e. The van der Waals surface area contributed by atoms with Crippen molar-refractivity contribution in [3.63, 3.8) is 0 Å². The summed E-state index contributed by atoms with van der Waals surface area (Å²) in [6.45, 7) is 7.02. The first-order valence-electron chi connectivity index (χ1n) is 16.7. The first-order valence-corrected chi connectivity index (χ1v) is 16.7. The number of rotatable bonds is 8. The Kier molecular flexibility index (Phi) is 7.11. The second-order valence-corrected chi connectivity index (χ2v) is 15.3. The first-order chi connectivity index (χ1) is 22.9. The lowest BCUT2D eigenvalue weighted by molar-refractivity contribution is -0.390. The third kappa shape index (κ3) is 3.50. The van der Waals surface area contributed by atoms with E-state index in [4.69, 9.17) is 18.9 Å². The van der Waals surface area contributed by atoms with Gasteiger partial charge in [0.1, 0.15) is 47.4 Å². The van der Waals surface area contributed by atoms with Crippen LogP contribution in [0.15, 0.2) is 48.7 Å². The van der Waals surface area contributed by atoms with Crippen molar-refractivity contribution in [3.8, 4) is 0 Å². The maximum absolute atomic E-state index is 13.5. The van der Waals surface area contributed by atoms with E-state index in [1.807, 2.05) is 6.07 Å². The average Bonchev–Trinajstić information content (AvgIpc) is 3.69. The highest BCUT2D eigenvalue weighted by Crippen LogP contribution is 2.90. The Labute approximate surface area is 282 Å². The Bertz CT molecular complexity index is 1690. The number of H-pyrrole nitrogens is 1. The summed E-state index contributed by atoms with van der Waals surface area (Å²) in [5, 5.41) is 67.2. The van der Waals surface area contributed by atoms with Crippen LogP contribution in [-0.2, 0) is 30.3 Å². The van der Waals surface area contributed by atoms with Gasteiger partial charge in [-0.05, 0) is 49.3 Å². The molecule has 11 atom stereocenters. The SMILES string of the molecule is CC(C)[C@]1(O)[C@@H](OC(=O)c2ccc[nH]2)[C@@]2(O)[C@@]3(C)C[C@@]4(O)O[C@@]5([C@H](OC(=O)CNC(=O)OCc6ccccc6)[C@@H](C)CC[C@]35O)[C@@]2(O)[C@]41C. The van der Waals surface area contributed by atoms with E-state index < -0.39 is 99.7 Å². The molecule has 49 heavy (non-hydrogen) atoms. The van der Waals surface area contributed by atoms with Crippen molar-refractivity contribution in [2.45, 2.75) is 106 Å². The molecule has 2 saturated heterocycles. The molecule has 1 amide bonds. The van der Waals surface area contributed by atoms with Crippen molar-refractivity contribution in [2.24, 2.45) is 22.7 Å². The molecule has 266 valence electrons. The van der Waals surface area contributed by atoms with Crippen LogP contribution in [0, 0.1) is 22.7 Å². The molecule has 8 rings (SSSR count). The molecule has 7 N–H and O–H groups in total. The summed E-state index contributed by atoms with van der Waals surface area (Å²) in [6, 6.07) is 11.9. The number of benzene rings is 1. The van der Waals surface area contributed by atoms with Crippen molar-refractivity contribution in [1.82, 2.24) is 10.3 Å². The average molecular weight is 685 g/mol.